The number of nitrogens with one attached hydrogen (secondary N) is 1. The van der Waals surface area contributed by atoms with E-state index in [1.807, 2.05) is 0 Å². The summed E-state index contributed by atoms with van der Waals surface area (Å²) >= 11 is 2.33. The molecule has 1 aromatic rings. The molecule has 2 atom stereocenters. The molecule has 2 rings (SSSR count). The van der Waals surface area contributed by atoms with Gasteiger partial charge in [0.1, 0.15) is 11.6 Å². The molecule has 1 aliphatic rings. The van der Waals surface area contributed by atoms with E-state index in [1.54, 1.807) is 7.11 Å². The van der Waals surface area contributed by atoms with Crippen molar-refractivity contribution < 1.29 is 4.74 Å². The van der Waals surface area contributed by atoms with Crippen molar-refractivity contribution in [2.45, 2.75) is 58.5 Å². The van der Waals surface area contributed by atoms with Gasteiger partial charge in [0.2, 0.25) is 0 Å². The standard InChI is InChI=1S/C16H26IN3O/c1-4-8-18-16-14(17)13(10-21-3)19-15(20-16)12-7-5-6-11(2)9-12/h11-12H,4-10H2,1-3H3,(H,18,19,20). The highest BCUT2D eigenvalue weighted by Crippen LogP contribution is 2.35. The molecule has 0 aromatic carbocycles. The van der Waals surface area contributed by atoms with Crippen molar-refractivity contribution in [2.24, 2.45) is 5.92 Å². The Balaban J connectivity index is 2.28. The number of hydrogen-bond donors (Lipinski definition) is 1. The monoisotopic (exact) mass is 403 g/mol. The number of rotatable bonds is 6. The van der Waals surface area contributed by atoms with E-state index in [9.17, 15) is 0 Å². The lowest BCUT2D eigenvalue weighted by atomic mass is 9.82. The van der Waals surface area contributed by atoms with Gasteiger partial charge in [-0.05, 0) is 47.8 Å². The maximum atomic E-state index is 5.31. The average molecular weight is 403 g/mol. The van der Waals surface area contributed by atoms with Crippen LogP contribution in [0.2, 0.25) is 0 Å². The summed E-state index contributed by atoms with van der Waals surface area (Å²) in [5.41, 5.74) is 1.01. The Hall–Kier alpha value is -0.430. The third kappa shape index (κ3) is 4.52. The first-order valence-electron chi connectivity index (χ1n) is 7.94. The number of aromatic nitrogens is 2. The van der Waals surface area contributed by atoms with E-state index >= 15 is 0 Å². The second kappa shape index (κ2) is 8.27. The number of hydrogen-bond acceptors (Lipinski definition) is 4. The number of ether oxygens (including phenoxy) is 1. The smallest absolute Gasteiger partial charge is 0.143 e. The fourth-order valence-corrected chi connectivity index (χ4v) is 3.54. The molecule has 0 bridgehead atoms. The molecule has 1 aromatic heterocycles. The highest BCUT2D eigenvalue weighted by molar-refractivity contribution is 14.1. The van der Waals surface area contributed by atoms with E-state index in [1.165, 1.54) is 25.7 Å². The van der Waals surface area contributed by atoms with Crippen LogP contribution in [0.25, 0.3) is 0 Å². The van der Waals surface area contributed by atoms with E-state index in [-0.39, 0.29) is 0 Å². The summed E-state index contributed by atoms with van der Waals surface area (Å²) in [6.45, 7) is 6.00. The Bertz CT molecular complexity index is 467. The van der Waals surface area contributed by atoms with Crippen molar-refractivity contribution in [3.8, 4) is 0 Å². The van der Waals surface area contributed by atoms with Crippen LogP contribution < -0.4 is 5.32 Å². The summed E-state index contributed by atoms with van der Waals surface area (Å²) in [7, 11) is 1.72. The minimum atomic E-state index is 0.503. The third-order valence-electron chi connectivity index (χ3n) is 4.06. The third-order valence-corrected chi connectivity index (χ3v) is 5.20. The predicted octanol–water partition coefficient (Wildman–Crippen LogP) is 4.34. The maximum absolute atomic E-state index is 5.31. The minimum Gasteiger partial charge on any atom is -0.378 e. The van der Waals surface area contributed by atoms with Gasteiger partial charge in [-0.1, -0.05) is 26.7 Å². The Morgan fingerprint density at radius 2 is 2.14 bits per heavy atom. The largest absolute Gasteiger partial charge is 0.378 e. The maximum Gasteiger partial charge on any atom is 0.143 e. The molecule has 1 fully saturated rings. The first kappa shape index (κ1) is 16.9. The van der Waals surface area contributed by atoms with Gasteiger partial charge in [0, 0.05) is 19.6 Å². The highest BCUT2D eigenvalue weighted by Gasteiger charge is 2.24. The molecule has 2 unspecified atom stereocenters. The first-order valence-corrected chi connectivity index (χ1v) is 9.02. The molecule has 4 nitrogen and oxygen atoms in total. The van der Waals surface area contributed by atoms with Gasteiger partial charge in [-0.2, -0.15) is 0 Å². The van der Waals surface area contributed by atoms with Crippen molar-refractivity contribution in [2.75, 3.05) is 19.0 Å². The first-order chi connectivity index (χ1) is 10.2. The van der Waals surface area contributed by atoms with E-state index in [0.29, 0.717) is 12.5 Å². The summed E-state index contributed by atoms with van der Waals surface area (Å²) in [4.78, 5) is 9.63. The van der Waals surface area contributed by atoms with E-state index in [4.69, 9.17) is 14.7 Å². The molecule has 5 heteroatoms. The summed E-state index contributed by atoms with van der Waals surface area (Å²) in [5.74, 6) is 3.27. The Kier molecular flexibility index (Phi) is 6.67. The zero-order valence-electron chi connectivity index (χ0n) is 13.3. The van der Waals surface area contributed by atoms with Crippen molar-refractivity contribution in [1.82, 2.24) is 9.97 Å². The highest BCUT2D eigenvalue weighted by atomic mass is 127. The van der Waals surface area contributed by atoms with Crippen LogP contribution in [0.4, 0.5) is 5.82 Å². The summed E-state index contributed by atoms with van der Waals surface area (Å²) in [5, 5.41) is 3.44. The molecule has 118 valence electrons. The van der Waals surface area contributed by atoms with Crippen LogP contribution >= 0.6 is 22.6 Å². The fourth-order valence-electron chi connectivity index (χ4n) is 2.96. The normalized spacial score (nSPS) is 22.3. The van der Waals surface area contributed by atoms with Crippen molar-refractivity contribution in [3.63, 3.8) is 0 Å². The number of methoxy groups -OCH3 is 1. The zero-order chi connectivity index (χ0) is 15.2. The molecule has 0 amide bonds. The van der Waals surface area contributed by atoms with Crippen molar-refractivity contribution in [1.29, 1.82) is 0 Å². The van der Waals surface area contributed by atoms with Crippen LogP contribution in [0.1, 0.15) is 63.4 Å². The Labute approximate surface area is 141 Å². The second-order valence-electron chi connectivity index (χ2n) is 6.02. The SMILES string of the molecule is CCCNc1nc(C2CCCC(C)C2)nc(COC)c1I. The van der Waals surface area contributed by atoms with E-state index < -0.39 is 0 Å². The summed E-state index contributed by atoms with van der Waals surface area (Å²) < 4.78 is 6.40. The second-order valence-corrected chi connectivity index (χ2v) is 7.10. The van der Waals surface area contributed by atoms with E-state index in [0.717, 1.165) is 39.8 Å². The van der Waals surface area contributed by atoms with Crippen LogP contribution in [0.3, 0.4) is 0 Å². The summed E-state index contributed by atoms with van der Waals surface area (Å²) in [6, 6.07) is 0. The van der Waals surface area contributed by atoms with Gasteiger partial charge in [0.25, 0.3) is 0 Å². The molecule has 0 aliphatic heterocycles. The average Bonchev–Trinajstić information content (AvgIpc) is 2.48. The molecule has 0 radical (unpaired) electrons. The lowest BCUT2D eigenvalue weighted by Gasteiger charge is -2.26. The van der Waals surface area contributed by atoms with Crippen LogP contribution in [0.5, 0.6) is 0 Å². The van der Waals surface area contributed by atoms with Gasteiger partial charge >= 0.3 is 0 Å². The molecule has 0 spiro atoms. The molecule has 1 aliphatic carbocycles. The molecular weight excluding hydrogens is 377 g/mol. The van der Waals surface area contributed by atoms with Gasteiger partial charge in [-0.25, -0.2) is 9.97 Å². The molecule has 1 heterocycles. The summed E-state index contributed by atoms with van der Waals surface area (Å²) in [6.07, 6.45) is 6.14. The topological polar surface area (TPSA) is 47.0 Å². The molecule has 21 heavy (non-hydrogen) atoms. The number of nitrogens with zero attached hydrogens (tertiary/aromatic N) is 2. The Morgan fingerprint density at radius 1 is 1.33 bits per heavy atom. The molecule has 1 N–H and O–H groups in total. The van der Waals surface area contributed by atoms with Gasteiger partial charge in [0.15, 0.2) is 0 Å². The van der Waals surface area contributed by atoms with E-state index in [2.05, 4.69) is 41.8 Å². The van der Waals surface area contributed by atoms with Crippen LogP contribution in [0.15, 0.2) is 0 Å². The number of anilines is 1. The molecular formula is C16H26IN3O. The van der Waals surface area contributed by atoms with Gasteiger partial charge < -0.3 is 10.1 Å². The van der Waals surface area contributed by atoms with Crippen LogP contribution in [-0.4, -0.2) is 23.6 Å². The van der Waals surface area contributed by atoms with Crippen LogP contribution in [0, 0.1) is 9.49 Å². The predicted molar refractivity (Wildman–Crippen MR) is 94.6 cm³/mol. The van der Waals surface area contributed by atoms with Crippen molar-refractivity contribution in [3.05, 3.63) is 15.1 Å². The quantitative estimate of drug-likeness (QED) is 0.718. The van der Waals surface area contributed by atoms with Gasteiger partial charge in [-0.15, -0.1) is 0 Å². The van der Waals surface area contributed by atoms with Gasteiger partial charge in [-0.3, -0.25) is 0 Å². The lowest BCUT2D eigenvalue weighted by molar-refractivity contribution is 0.180. The molecule has 1 saturated carbocycles. The number of halogens is 1. The van der Waals surface area contributed by atoms with Crippen molar-refractivity contribution >= 4 is 28.4 Å². The zero-order valence-corrected chi connectivity index (χ0v) is 15.4. The van der Waals surface area contributed by atoms with Gasteiger partial charge in [0.05, 0.1) is 15.9 Å². The molecule has 0 saturated heterocycles. The minimum absolute atomic E-state index is 0.503. The fraction of sp³-hybridized carbons (Fsp3) is 0.750. The van der Waals surface area contributed by atoms with Crippen LogP contribution in [-0.2, 0) is 11.3 Å². The lowest BCUT2D eigenvalue weighted by Crippen LogP contribution is -2.18. The Morgan fingerprint density at radius 3 is 2.81 bits per heavy atom.